The summed E-state index contributed by atoms with van der Waals surface area (Å²) in [6.45, 7) is 3.62. The Morgan fingerprint density at radius 2 is 2.00 bits per heavy atom. The van der Waals surface area contributed by atoms with Gasteiger partial charge < -0.3 is 0 Å². The molecular formula is C7H11Cl2. The number of hydrogen-bond acceptors (Lipinski definition) is 0. The van der Waals surface area contributed by atoms with Gasteiger partial charge in [0, 0.05) is 0 Å². The molecule has 0 unspecified atom stereocenters. The van der Waals surface area contributed by atoms with Crippen molar-refractivity contribution in [2.75, 3.05) is 0 Å². The minimum Gasteiger partial charge on any atom is -0.102 e. The smallest absolute Gasteiger partial charge is 0.102 e. The van der Waals surface area contributed by atoms with Crippen LogP contribution in [-0.4, -0.2) is 4.33 Å². The maximum Gasteiger partial charge on any atom is 0.118 e. The van der Waals surface area contributed by atoms with Crippen molar-refractivity contribution in [2.45, 2.75) is 30.0 Å². The van der Waals surface area contributed by atoms with Crippen LogP contribution in [0.4, 0.5) is 0 Å². The van der Waals surface area contributed by atoms with E-state index in [1.54, 1.807) is 0 Å². The standard InChI is InChI=1S/C7H11Cl2/c1-7(8,9)5-6-3-2-4-6/h6H,1-5H2. The molecule has 0 N–H and O–H groups in total. The van der Waals surface area contributed by atoms with Crippen LogP contribution in [0.25, 0.3) is 0 Å². The molecule has 0 spiro atoms. The van der Waals surface area contributed by atoms with E-state index in [1.807, 2.05) is 0 Å². The van der Waals surface area contributed by atoms with Gasteiger partial charge in [-0.15, -0.1) is 23.2 Å². The largest absolute Gasteiger partial charge is 0.118 e. The summed E-state index contributed by atoms with van der Waals surface area (Å²) in [4.78, 5) is 0. The van der Waals surface area contributed by atoms with E-state index in [4.69, 9.17) is 23.2 Å². The normalized spacial score (nSPS) is 21.7. The summed E-state index contributed by atoms with van der Waals surface area (Å²) in [5.74, 6) is 0.748. The fourth-order valence-electron chi connectivity index (χ4n) is 1.12. The summed E-state index contributed by atoms with van der Waals surface area (Å²) < 4.78 is -0.731. The van der Waals surface area contributed by atoms with Gasteiger partial charge >= 0.3 is 0 Å². The summed E-state index contributed by atoms with van der Waals surface area (Å²) in [6, 6.07) is 0. The molecule has 1 aliphatic carbocycles. The predicted molar refractivity (Wildman–Crippen MR) is 41.8 cm³/mol. The third-order valence-corrected chi connectivity index (χ3v) is 2.12. The molecule has 9 heavy (non-hydrogen) atoms. The van der Waals surface area contributed by atoms with Gasteiger partial charge in [-0.3, -0.25) is 0 Å². The van der Waals surface area contributed by atoms with Crippen molar-refractivity contribution in [1.82, 2.24) is 0 Å². The van der Waals surface area contributed by atoms with Crippen LogP contribution in [0.2, 0.25) is 0 Å². The van der Waals surface area contributed by atoms with E-state index in [0.717, 1.165) is 12.3 Å². The van der Waals surface area contributed by atoms with Crippen LogP contribution >= 0.6 is 23.2 Å². The van der Waals surface area contributed by atoms with Crippen molar-refractivity contribution in [2.24, 2.45) is 5.92 Å². The Balaban J connectivity index is 2.16. The van der Waals surface area contributed by atoms with Gasteiger partial charge in [-0.05, 0) is 19.3 Å². The molecule has 0 amide bonds. The monoisotopic (exact) mass is 165 g/mol. The molecule has 0 aromatic carbocycles. The molecular weight excluding hydrogens is 155 g/mol. The average Bonchev–Trinajstić information content (AvgIpc) is 1.53. The molecule has 0 aliphatic heterocycles. The van der Waals surface area contributed by atoms with Gasteiger partial charge in [0.05, 0.1) is 0 Å². The summed E-state index contributed by atoms with van der Waals surface area (Å²) in [5, 5.41) is 0. The second kappa shape index (κ2) is 2.67. The van der Waals surface area contributed by atoms with E-state index in [1.165, 1.54) is 19.3 Å². The lowest BCUT2D eigenvalue weighted by molar-refractivity contribution is 0.293. The van der Waals surface area contributed by atoms with Crippen molar-refractivity contribution < 1.29 is 0 Å². The first-order valence-electron chi connectivity index (χ1n) is 3.31. The molecule has 0 bridgehead atoms. The number of alkyl halides is 2. The SMILES string of the molecule is [CH2]C(Cl)(Cl)CC1CCC1. The van der Waals surface area contributed by atoms with E-state index in [2.05, 4.69) is 6.92 Å². The summed E-state index contributed by atoms with van der Waals surface area (Å²) in [6.07, 6.45) is 4.78. The van der Waals surface area contributed by atoms with Gasteiger partial charge in [0.15, 0.2) is 0 Å². The predicted octanol–water partition coefficient (Wildman–Crippen LogP) is 3.18. The van der Waals surface area contributed by atoms with Gasteiger partial charge in [0.2, 0.25) is 0 Å². The van der Waals surface area contributed by atoms with E-state index in [-0.39, 0.29) is 0 Å². The molecule has 0 aromatic rings. The van der Waals surface area contributed by atoms with Gasteiger partial charge in [0.25, 0.3) is 0 Å². The number of halogens is 2. The molecule has 1 rings (SSSR count). The van der Waals surface area contributed by atoms with Crippen molar-refractivity contribution in [3.63, 3.8) is 0 Å². The highest BCUT2D eigenvalue weighted by Gasteiger charge is 2.26. The molecule has 0 heterocycles. The molecule has 1 saturated carbocycles. The van der Waals surface area contributed by atoms with E-state index in [9.17, 15) is 0 Å². The van der Waals surface area contributed by atoms with Crippen LogP contribution in [0.3, 0.4) is 0 Å². The fraction of sp³-hybridized carbons (Fsp3) is 0.857. The Morgan fingerprint density at radius 1 is 1.44 bits per heavy atom. The molecule has 53 valence electrons. The van der Waals surface area contributed by atoms with Crippen LogP contribution in [0.1, 0.15) is 25.7 Å². The Kier molecular flexibility index (Phi) is 2.28. The third kappa shape index (κ3) is 2.77. The lowest BCUT2D eigenvalue weighted by Crippen LogP contribution is -2.19. The summed E-state index contributed by atoms with van der Waals surface area (Å²) in [7, 11) is 0. The van der Waals surface area contributed by atoms with Crippen LogP contribution in [0, 0.1) is 12.8 Å². The zero-order valence-corrected chi connectivity index (χ0v) is 6.88. The summed E-state index contributed by atoms with van der Waals surface area (Å²) >= 11 is 11.4. The Labute approximate surface area is 66.5 Å². The van der Waals surface area contributed by atoms with E-state index >= 15 is 0 Å². The van der Waals surface area contributed by atoms with Gasteiger partial charge in [-0.25, -0.2) is 0 Å². The first-order valence-corrected chi connectivity index (χ1v) is 4.07. The fourth-order valence-corrected chi connectivity index (χ4v) is 1.56. The molecule has 1 fully saturated rings. The van der Waals surface area contributed by atoms with Gasteiger partial charge in [0.1, 0.15) is 4.33 Å². The van der Waals surface area contributed by atoms with E-state index < -0.39 is 4.33 Å². The second-order valence-electron chi connectivity index (χ2n) is 2.86. The average molecular weight is 166 g/mol. The van der Waals surface area contributed by atoms with Gasteiger partial charge in [-0.2, -0.15) is 0 Å². The minimum absolute atomic E-state index is 0.731. The quantitative estimate of drug-likeness (QED) is 0.552. The van der Waals surface area contributed by atoms with Gasteiger partial charge in [-0.1, -0.05) is 19.3 Å². The molecule has 0 atom stereocenters. The lowest BCUT2D eigenvalue weighted by atomic mass is 9.82. The molecule has 1 radical (unpaired) electrons. The zero-order valence-electron chi connectivity index (χ0n) is 5.37. The summed E-state index contributed by atoms with van der Waals surface area (Å²) in [5.41, 5.74) is 0. The first-order chi connectivity index (χ1) is 4.08. The topological polar surface area (TPSA) is 0 Å². The Bertz CT molecular complexity index is 89.6. The molecule has 0 nitrogen and oxygen atoms in total. The van der Waals surface area contributed by atoms with Crippen molar-refractivity contribution in [3.05, 3.63) is 6.92 Å². The minimum atomic E-state index is -0.731. The second-order valence-corrected chi connectivity index (χ2v) is 4.50. The van der Waals surface area contributed by atoms with Crippen LogP contribution in [-0.2, 0) is 0 Å². The molecule has 0 saturated heterocycles. The van der Waals surface area contributed by atoms with Crippen molar-refractivity contribution in [1.29, 1.82) is 0 Å². The molecule has 2 heteroatoms. The maximum atomic E-state index is 5.69. The molecule has 1 aliphatic rings. The van der Waals surface area contributed by atoms with Crippen molar-refractivity contribution >= 4 is 23.2 Å². The van der Waals surface area contributed by atoms with Crippen LogP contribution in [0.5, 0.6) is 0 Å². The highest BCUT2D eigenvalue weighted by molar-refractivity contribution is 6.48. The first kappa shape index (κ1) is 7.68. The highest BCUT2D eigenvalue weighted by atomic mass is 35.5. The van der Waals surface area contributed by atoms with E-state index in [0.29, 0.717) is 0 Å². The maximum absolute atomic E-state index is 5.69. The zero-order chi connectivity index (χ0) is 6.91. The Morgan fingerprint density at radius 3 is 2.11 bits per heavy atom. The van der Waals surface area contributed by atoms with Crippen molar-refractivity contribution in [3.8, 4) is 0 Å². The number of rotatable bonds is 2. The van der Waals surface area contributed by atoms with Crippen LogP contribution < -0.4 is 0 Å². The lowest BCUT2D eigenvalue weighted by Gasteiger charge is -2.29. The van der Waals surface area contributed by atoms with Crippen LogP contribution in [0.15, 0.2) is 0 Å². The number of hydrogen-bond donors (Lipinski definition) is 0. The molecule has 0 aromatic heterocycles. The highest BCUT2D eigenvalue weighted by Crippen LogP contribution is 2.37. The third-order valence-electron chi connectivity index (χ3n) is 1.81. The Hall–Kier alpha value is 0.580.